The van der Waals surface area contributed by atoms with Gasteiger partial charge in [-0.3, -0.25) is 9.69 Å². The second kappa shape index (κ2) is 10.2. The highest BCUT2D eigenvalue weighted by molar-refractivity contribution is 5.85. The van der Waals surface area contributed by atoms with Crippen molar-refractivity contribution < 1.29 is 15.0 Å². The molecule has 0 amide bonds. The van der Waals surface area contributed by atoms with Crippen molar-refractivity contribution in [3.63, 3.8) is 0 Å². The first-order valence-electron chi connectivity index (χ1n) is 10.2. The van der Waals surface area contributed by atoms with Gasteiger partial charge in [0.25, 0.3) is 5.97 Å². The molecule has 3 atom stereocenters. The molecular weight excluding hydrogens is 386 g/mol. The Morgan fingerprint density at radius 1 is 1.07 bits per heavy atom. The van der Waals surface area contributed by atoms with Crippen LogP contribution in [0.4, 0.5) is 0 Å². The molecule has 4 nitrogen and oxygen atoms in total. The number of nitrogens with zero attached hydrogens (tertiary/aromatic N) is 1. The molecule has 3 heterocycles. The molecule has 158 valence electrons. The maximum absolute atomic E-state index is 10.4. The molecule has 3 aliphatic rings. The van der Waals surface area contributed by atoms with Gasteiger partial charge in [-0.05, 0) is 56.3 Å². The number of aliphatic hydroxyl groups excluding tert-OH is 1. The summed E-state index contributed by atoms with van der Waals surface area (Å²) in [6.07, 6.45) is 3.03. The molecule has 2 aromatic carbocycles. The Morgan fingerprint density at radius 3 is 2.03 bits per heavy atom. The molecule has 3 aliphatic heterocycles. The van der Waals surface area contributed by atoms with E-state index < -0.39 is 5.97 Å². The monoisotopic (exact) mass is 417 g/mol. The smallest absolute Gasteiger partial charge is 0.300 e. The summed E-state index contributed by atoms with van der Waals surface area (Å²) in [5, 5.41) is 17.8. The average molecular weight is 418 g/mol. The predicted octanol–water partition coefficient (Wildman–Crippen LogP) is 4.67. The maximum atomic E-state index is 10.4. The van der Waals surface area contributed by atoms with Crippen LogP contribution in [0.2, 0.25) is 0 Å². The van der Waals surface area contributed by atoms with Gasteiger partial charge in [-0.1, -0.05) is 60.7 Å². The fraction of sp³-hybridized carbons (Fsp3) is 0.458. The highest BCUT2D eigenvalue weighted by atomic mass is 35.5. The van der Waals surface area contributed by atoms with Gasteiger partial charge >= 0.3 is 0 Å². The average Bonchev–Trinajstić information content (AvgIpc) is 2.69. The zero-order chi connectivity index (χ0) is 20.1. The number of carboxylic acids is 1. The molecule has 0 radical (unpaired) electrons. The van der Waals surface area contributed by atoms with Gasteiger partial charge in [0.2, 0.25) is 0 Å². The number of fused-ring (bicyclic) bond motifs is 3. The molecule has 3 fully saturated rings. The Labute approximate surface area is 180 Å². The van der Waals surface area contributed by atoms with Crippen molar-refractivity contribution in [3.8, 4) is 0 Å². The van der Waals surface area contributed by atoms with Gasteiger partial charge in [-0.15, -0.1) is 12.4 Å². The molecule has 3 saturated heterocycles. The van der Waals surface area contributed by atoms with Gasteiger partial charge in [-0.25, -0.2) is 0 Å². The number of rotatable bonds is 4. The maximum Gasteiger partial charge on any atom is 0.300 e. The number of halogens is 1. The Morgan fingerprint density at radius 2 is 1.55 bits per heavy atom. The van der Waals surface area contributed by atoms with E-state index in [9.17, 15) is 5.11 Å². The minimum Gasteiger partial charge on any atom is -0.481 e. The van der Waals surface area contributed by atoms with Gasteiger partial charge in [0.15, 0.2) is 0 Å². The lowest BCUT2D eigenvalue weighted by molar-refractivity contribution is -0.134. The third-order valence-corrected chi connectivity index (χ3v) is 6.13. The van der Waals surface area contributed by atoms with Crippen molar-refractivity contribution in [2.75, 3.05) is 13.1 Å². The normalized spacial score (nSPS) is 28.4. The highest BCUT2D eigenvalue weighted by Crippen LogP contribution is 2.56. The Kier molecular flexibility index (Phi) is 8.26. The summed E-state index contributed by atoms with van der Waals surface area (Å²) in [5.41, 5.74) is 2.71. The van der Waals surface area contributed by atoms with Crippen LogP contribution in [0.3, 0.4) is 0 Å². The zero-order valence-electron chi connectivity index (χ0n) is 17.2. The van der Waals surface area contributed by atoms with Gasteiger partial charge in [0, 0.05) is 12.8 Å². The number of benzene rings is 2. The van der Waals surface area contributed by atoms with E-state index >= 15 is 0 Å². The number of hydrogen-bond acceptors (Lipinski definition) is 3. The number of aliphatic carboxylic acids is 1. The van der Waals surface area contributed by atoms with Crippen LogP contribution in [-0.4, -0.2) is 40.3 Å². The summed E-state index contributed by atoms with van der Waals surface area (Å²) in [6.45, 7) is 5.32. The van der Waals surface area contributed by atoms with Gasteiger partial charge in [0.05, 0.1) is 11.6 Å². The van der Waals surface area contributed by atoms with Crippen LogP contribution in [0, 0.1) is 5.92 Å². The Balaban J connectivity index is 0.000000552. The second-order valence-corrected chi connectivity index (χ2v) is 8.08. The molecule has 0 aromatic heterocycles. The first-order valence-corrected chi connectivity index (χ1v) is 10.2. The summed E-state index contributed by atoms with van der Waals surface area (Å²) in [5.74, 6) is 0.328. The van der Waals surface area contributed by atoms with Crippen LogP contribution in [0.25, 0.3) is 0 Å². The Hall–Kier alpha value is -1.88. The van der Waals surface area contributed by atoms with Crippen LogP contribution in [0.5, 0.6) is 0 Å². The SMILES string of the molecule is CC(=O)O.CC(O)CC1(c2ccccc2)C(c2ccccc2)C2CCN1CC2.Cl. The van der Waals surface area contributed by atoms with Crippen molar-refractivity contribution >= 4 is 18.4 Å². The largest absolute Gasteiger partial charge is 0.481 e. The topological polar surface area (TPSA) is 60.8 Å². The molecule has 5 heteroatoms. The predicted molar refractivity (Wildman–Crippen MR) is 118 cm³/mol. The lowest BCUT2D eigenvalue weighted by Crippen LogP contribution is -2.61. The molecule has 0 saturated carbocycles. The minimum absolute atomic E-state index is 0. The van der Waals surface area contributed by atoms with E-state index in [2.05, 4.69) is 65.6 Å². The highest BCUT2D eigenvalue weighted by Gasteiger charge is 2.54. The summed E-state index contributed by atoms with van der Waals surface area (Å²) in [6, 6.07) is 21.9. The molecule has 0 aliphatic carbocycles. The molecule has 3 unspecified atom stereocenters. The first-order chi connectivity index (χ1) is 13.4. The van der Waals surface area contributed by atoms with E-state index in [-0.39, 0.29) is 24.0 Å². The van der Waals surface area contributed by atoms with Crippen LogP contribution < -0.4 is 0 Å². The minimum atomic E-state index is -0.833. The third kappa shape index (κ3) is 5.00. The van der Waals surface area contributed by atoms with E-state index in [1.54, 1.807) is 0 Å². The molecular formula is C24H32ClNO3. The summed E-state index contributed by atoms with van der Waals surface area (Å²) in [4.78, 5) is 11.7. The fourth-order valence-electron chi connectivity index (χ4n) is 5.34. The van der Waals surface area contributed by atoms with Crippen molar-refractivity contribution in [1.82, 2.24) is 4.90 Å². The number of aliphatic hydroxyl groups is 1. The van der Waals surface area contributed by atoms with Crippen molar-refractivity contribution in [2.45, 2.75) is 50.7 Å². The standard InChI is InChI=1S/C22H27NO.C2H4O2.ClH/c1-17(24)16-22(20-10-6-3-7-11-20)21(18-8-4-2-5-9-18)19-12-14-23(22)15-13-19;1-2(3)4;/h2-11,17,19,21,24H,12-16H2,1H3;1H3,(H,3,4);1H. The van der Waals surface area contributed by atoms with E-state index in [0.717, 1.165) is 26.4 Å². The van der Waals surface area contributed by atoms with Crippen LogP contribution in [0.1, 0.15) is 50.2 Å². The van der Waals surface area contributed by atoms with E-state index in [4.69, 9.17) is 9.90 Å². The summed E-state index contributed by atoms with van der Waals surface area (Å²) in [7, 11) is 0. The van der Waals surface area contributed by atoms with E-state index in [1.807, 2.05) is 6.92 Å². The lowest BCUT2D eigenvalue weighted by Gasteiger charge is -2.60. The third-order valence-electron chi connectivity index (χ3n) is 6.13. The molecule has 0 spiro atoms. The molecule has 5 rings (SSSR count). The van der Waals surface area contributed by atoms with E-state index in [0.29, 0.717) is 11.8 Å². The molecule has 29 heavy (non-hydrogen) atoms. The Bertz CT molecular complexity index is 756. The first kappa shape index (κ1) is 23.4. The van der Waals surface area contributed by atoms with Gasteiger partial charge < -0.3 is 10.2 Å². The fourth-order valence-corrected chi connectivity index (χ4v) is 5.34. The van der Waals surface area contributed by atoms with Crippen LogP contribution in [-0.2, 0) is 10.3 Å². The van der Waals surface area contributed by atoms with Crippen molar-refractivity contribution in [2.24, 2.45) is 5.92 Å². The van der Waals surface area contributed by atoms with E-state index in [1.165, 1.54) is 24.0 Å². The number of carbonyl (C=O) groups is 1. The van der Waals surface area contributed by atoms with Crippen LogP contribution >= 0.6 is 12.4 Å². The summed E-state index contributed by atoms with van der Waals surface area (Å²) < 4.78 is 0. The van der Waals surface area contributed by atoms with Crippen LogP contribution in [0.15, 0.2) is 60.7 Å². The zero-order valence-corrected chi connectivity index (χ0v) is 18.0. The molecule has 2 bridgehead atoms. The quantitative estimate of drug-likeness (QED) is 0.758. The second-order valence-electron chi connectivity index (χ2n) is 8.08. The van der Waals surface area contributed by atoms with Gasteiger partial charge in [0.1, 0.15) is 0 Å². The molecule has 2 aromatic rings. The van der Waals surface area contributed by atoms with Crippen molar-refractivity contribution in [1.29, 1.82) is 0 Å². The van der Waals surface area contributed by atoms with Gasteiger partial charge in [-0.2, -0.15) is 0 Å². The summed E-state index contributed by atoms with van der Waals surface area (Å²) >= 11 is 0. The number of hydrogen-bond donors (Lipinski definition) is 2. The number of carboxylic acid groups (broad SMARTS) is 1. The molecule has 2 N–H and O–H groups in total. The van der Waals surface area contributed by atoms with Crippen molar-refractivity contribution in [3.05, 3.63) is 71.8 Å². The number of piperidine rings is 3. The lowest BCUT2D eigenvalue weighted by atomic mass is 9.59.